The zero-order valence-electron chi connectivity index (χ0n) is 6.93. The summed E-state index contributed by atoms with van der Waals surface area (Å²) in [5.41, 5.74) is 5.37. The molecule has 1 rings (SSSR count). The van der Waals surface area contributed by atoms with Gasteiger partial charge in [-0.05, 0) is 32.5 Å². The molecule has 1 fully saturated rings. The van der Waals surface area contributed by atoms with Crippen LogP contribution in [0.3, 0.4) is 0 Å². The third-order valence-electron chi connectivity index (χ3n) is 2.27. The van der Waals surface area contributed by atoms with Crippen LogP contribution in [0.5, 0.6) is 0 Å². The molecule has 0 spiro atoms. The molecule has 66 valence electrons. The summed E-state index contributed by atoms with van der Waals surface area (Å²) in [4.78, 5) is 2.30. The van der Waals surface area contributed by atoms with Crippen LogP contribution in [0.25, 0.3) is 0 Å². The smallest absolute Gasteiger partial charge is 0.0935 e. The molecule has 0 aromatic rings. The molecule has 0 aliphatic carbocycles. The summed E-state index contributed by atoms with van der Waals surface area (Å²) in [6, 6.07) is 0. The summed E-state index contributed by atoms with van der Waals surface area (Å²) in [7, 11) is 0. The Hall–Kier alpha value is -0.150. The summed E-state index contributed by atoms with van der Waals surface area (Å²) < 4.78 is 12.1. The molecule has 1 aliphatic rings. The Morgan fingerprint density at radius 3 is 2.91 bits per heavy atom. The number of likely N-dealkylation sites (tertiary alicyclic amines) is 1. The van der Waals surface area contributed by atoms with Crippen LogP contribution < -0.4 is 5.73 Å². The third-order valence-corrected chi connectivity index (χ3v) is 2.27. The number of hydrogen-bond acceptors (Lipinski definition) is 2. The SMILES string of the molecule is NCCCN1CCC(CF)C1. The normalized spacial score (nSPS) is 26.2. The van der Waals surface area contributed by atoms with Crippen molar-refractivity contribution in [3.8, 4) is 0 Å². The molecule has 1 unspecified atom stereocenters. The van der Waals surface area contributed by atoms with E-state index in [-0.39, 0.29) is 6.67 Å². The van der Waals surface area contributed by atoms with Gasteiger partial charge in [-0.1, -0.05) is 0 Å². The Morgan fingerprint density at radius 1 is 1.55 bits per heavy atom. The predicted octanol–water partition coefficient (Wildman–Crippen LogP) is 0.627. The van der Waals surface area contributed by atoms with E-state index in [1.54, 1.807) is 0 Å². The Labute approximate surface area is 67.6 Å². The molecule has 0 radical (unpaired) electrons. The molecule has 11 heavy (non-hydrogen) atoms. The fourth-order valence-electron chi connectivity index (χ4n) is 1.56. The van der Waals surface area contributed by atoms with Gasteiger partial charge in [-0.3, -0.25) is 4.39 Å². The summed E-state index contributed by atoms with van der Waals surface area (Å²) in [6.45, 7) is 3.65. The monoisotopic (exact) mass is 160 g/mol. The molecule has 2 nitrogen and oxygen atoms in total. The summed E-state index contributed by atoms with van der Waals surface area (Å²) in [6.07, 6.45) is 2.07. The van der Waals surface area contributed by atoms with E-state index >= 15 is 0 Å². The lowest BCUT2D eigenvalue weighted by atomic mass is 10.1. The van der Waals surface area contributed by atoms with Gasteiger partial charge in [-0.25, -0.2) is 0 Å². The van der Waals surface area contributed by atoms with Crippen molar-refractivity contribution in [1.82, 2.24) is 4.90 Å². The lowest BCUT2D eigenvalue weighted by Crippen LogP contribution is -2.24. The molecule has 1 heterocycles. The molecule has 2 N–H and O–H groups in total. The number of alkyl halides is 1. The van der Waals surface area contributed by atoms with Gasteiger partial charge < -0.3 is 10.6 Å². The largest absolute Gasteiger partial charge is 0.330 e. The lowest BCUT2D eigenvalue weighted by Gasteiger charge is -2.13. The van der Waals surface area contributed by atoms with E-state index in [1.165, 1.54) is 0 Å². The van der Waals surface area contributed by atoms with E-state index in [1.807, 2.05) is 0 Å². The highest BCUT2D eigenvalue weighted by atomic mass is 19.1. The minimum Gasteiger partial charge on any atom is -0.330 e. The van der Waals surface area contributed by atoms with Crippen molar-refractivity contribution >= 4 is 0 Å². The van der Waals surface area contributed by atoms with Crippen LogP contribution in [0.15, 0.2) is 0 Å². The number of nitrogens with zero attached hydrogens (tertiary/aromatic N) is 1. The topological polar surface area (TPSA) is 29.3 Å². The zero-order chi connectivity index (χ0) is 8.10. The second kappa shape index (κ2) is 4.67. The first kappa shape index (κ1) is 8.94. The maximum atomic E-state index is 12.1. The molecule has 0 amide bonds. The van der Waals surface area contributed by atoms with Gasteiger partial charge in [-0.15, -0.1) is 0 Å². The van der Waals surface area contributed by atoms with E-state index in [9.17, 15) is 4.39 Å². The molecule has 1 atom stereocenters. The Morgan fingerprint density at radius 2 is 2.36 bits per heavy atom. The standard InChI is InChI=1S/C8H17FN2/c9-6-8-2-5-11(7-8)4-1-3-10/h8H,1-7,10H2. The van der Waals surface area contributed by atoms with Gasteiger partial charge in [0.15, 0.2) is 0 Å². The first-order chi connectivity index (χ1) is 5.36. The molecule has 3 heteroatoms. The molecule has 0 aromatic carbocycles. The highest BCUT2D eigenvalue weighted by Crippen LogP contribution is 2.15. The van der Waals surface area contributed by atoms with Gasteiger partial charge in [-0.2, -0.15) is 0 Å². The number of nitrogens with two attached hydrogens (primary N) is 1. The van der Waals surface area contributed by atoms with Crippen LogP contribution in [0, 0.1) is 5.92 Å². The highest BCUT2D eigenvalue weighted by molar-refractivity contribution is 4.74. The minimum atomic E-state index is -0.154. The maximum Gasteiger partial charge on any atom is 0.0935 e. The van der Waals surface area contributed by atoms with E-state index in [2.05, 4.69) is 4.90 Å². The average Bonchev–Trinajstić information content (AvgIpc) is 2.48. The van der Waals surface area contributed by atoms with Crippen molar-refractivity contribution in [2.75, 3.05) is 32.9 Å². The van der Waals surface area contributed by atoms with Gasteiger partial charge in [0.1, 0.15) is 0 Å². The van der Waals surface area contributed by atoms with E-state index in [0.717, 1.165) is 39.0 Å². The molecule has 0 saturated carbocycles. The fourth-order valence-corrected chi connectivity index (χ4v) is 1.56. The molecular weight excluding hydrogens is 143 g/mol. The van der Waals surface area contributed by atoms with Gasteiger partial charge in [0, 0.05) is 12.5 Å². The van der Waals surface area contributed by atoms with Crippen molar-refractivity contribution in [3.05, 3.63) is 0 Å². The first-order valence-electron chi connectivity index (χ1n) is 4.35. The zero-order valence-corrected chi connectivity index (χ0v) is 6.93. The minimum absolute atomic E-state index is 0.154. The predicted molar refractivity (Wildman–Crippen MR) is 44.2 cm³/mol. The second-order valence-corrected chi connectivity index (χ2v) is 3.25. The van der Waals surface area contributed by atoms with Crippen LogP contribution in [0.1, 0.15) is 12.8 Å². The molecule has 1 aliphatic heterocycles. The Balaban J connectivity index is 2.09. The Kier molecular flexibility index (Phi) is 3.80. The van der Waals surface area contributed by atoms with Crippen LogP contribution in [-0.4, -0.2) is 37.8 Å². The van der Waals surface area contributed by atoms with E-state index < -0.39 is 0 Å². The van der Waals surface area contributed by atoms with Gasteiger partial charge >= 0.3 is 0 Å². The van der Waals surface area contributed by atoms with Crippen molar-refractivity contribution in [2.24, 2.45) is 11.7 Å². The number of hydrogen-bond donors (Lipinski definition) is 1. The van der Waals surface area contributed by atoms with Crippen LogP contribution in [0.4, 0.5) is 4.39 Å². The van der Waals surface area contributed by atoms with Gasteiger partial charge in [0.2, 0.25) is 0 Å². The molecule has 0 aromatic heterocycles. The van der Waals surface area contributed by atoms with Crippen molar-refractivity contribution in [2.45, 2.75) is 12.8 Å². The van der Waals surface area contributed by atoms with E-state index in [0.29, 0.717) is 5.92 Å². The fraction of sp³-hybridized carbons (Fsp3) is 1.00. The number of halogens is 1. The van der Waals surface area contributed by atoms with Gasteiger partial charge in [0.05, 0.1) is 6.67 Å². The van der Waals surface area contributed by atoms with Crippen molar-refractivity contribution in [3.63, 3.8) is 0 Å². The number of rotatable bonds is 4. The van der Waals surface area contributed by atoms with Gasteiger partial charge in [0.25, 0.3) is 0 Å². The Bertz CT molecular complexity index is 108. The first-order valence-corrected chi connectivity index (χ1v) is 4.35. The van der Waals surface area contributed by atoms with Crippen molar-refractivity contribution in [1.29, 1.82) is 0 Å². The van der Waals surface area contributed by atoms with Crippen LogP contribution >= 0.6 is 0 Å². The van der Waals surface area contributed by atoms with Crippen LogP contribution in [-0.2, 0) is 0 Å². The maximum absolute atomic E-state index is 12.1. The average molecular weight is 160 g/mol. The summed E-state index contributed by atoms with van der Waals surface area (Å²) in [5.74, 6) is 0.299. The molecule has 1 saturated heterocycles. The summed E-state index contributed by atoms with van der Waals surface area (Å²) >= 11 is 0. The van der Waals surface area contributed by atoms with Crippen molar-refractivity contribution < 1.29 is 4.39 Å². The highest BCUT2D eigenvalue weighted by Gasteiger charge is 2.20. The van der Waals surface area contributed by atoms with Crippen LogP contribution in [0.2, 0.25) is 0 Å². The quantitative estimate of drug-likeness (QED) is 0.653. The third kappa shape index (κ3) is 2.75. The lowest BCUT2D eigenvalue weighted by molar-refractivity contribution is 0.301. The van der Waals surface area contributed by atoms with E-state index in [4.69, 9.17) is 5.73 Å². The molecule has 0 bridgehead atoms. The second-order valence-electron chi connectivity index (χ2n) is 3.25. The molecular formula is C8H17FN2. The summed E-state index contributed by atoms with van der Waals surface area (Å²) in [5, 5.41) is 0.